The second-order valence-electron chi connectivity index (χ2n) is 5.71. The zero-order valence-electron chi connectivity index (χ0n) is 13.6. The number of aryl methyl sites for hydroxylation is 3. The molecule has 3 nitrogen and oxygen atoms in total. The maximum absolute atomic E-state index is 6.44. The summed E-state index contributed by atoms with van der Waals surface area (Å²) in [6.45, 7) is 8.59. The first kappa shape index (κ1) is 15.8. The highest BCUT2D eigenvalue weighted by Crippen LogP contribution is 2.26. The molecule has 0 radical (unpaired) electrons. The Morgan fingerprint density at radius 3 is 2.48 bits per heavy atom. The van der Waals surface area contributed by atoms with Crippen molar-refractivity contribution in [3.63, 3.8) is 0 Å². The van der Waals surface area contributed by atoms with E-state index in [0.717, 1.165) is 25.0 Å². The van der Waals surface area contributed by atoms with E-state index in [2.05, 4.69) is 62.7 Å². The topological polar surface area (TPSA) is 43.8 Å². The highest BCUT2D eigenvalue weighted by Gasteiger charge is 2.23. The lowest BCUT2D eigenvalue weighted by Crippen LogP contribution is -2.34. The number of hydrogen-bond donors (Lipinski definition) is 1. The average Bonchev–Trinajstić information content (AvgIpc) is 2.90. The third kappa shape index (κ3) is 3.35. The van der Waals surface area contributed by atoms with Crippen LogP contribution in [0.15, 0.2) is 30.3 Å². The Morgan fingerprint density at radius 1 is 1.14 bits per heavy atom. The van der Waals surface area contributed by atoms with Crippen LogP contribution in [0.4, 0.5) is 0 Å². The van der Waals surface area contributed by atoms with Gasteiger partial charge in [-0.15, -0.1) is 0 Å². The zero-order chi connectivity index (χ0) is 15.4. The Morgan fingerprint density at radius 2 is 1.90 bits per heavy atom. The van der Waals surface area contributed by atoms with Crippen molar-refractivity contribution in [1.82, 2.24) is 9.78 Å². The molecule has 0 aliphatic rings. The second kappa shape index (κ2) is 6.90. The second-order valence-corrected chi connectivity index (χ2v) is 5.71. The first-order valence-electron chi connectivity index (χ1n) is 8.00. The SMILES string of the molecule is CCc1cc(CC)n(C(c2cccc(C)c2)C(N)CC)n1. The van der Waals surface area contributed by atoms with Gasteiger partial charge in [-0.1, -0.05) is 50.6 Å². The minimum absolute atomic E-state index is 0.0710. The molecule has 0 bridgehead atoms. The van der Waals surface area contributed by atoms with Crippen molar-refractivity contribution in [2.24, 2.45) is 5.73 Å². The van der Waals surface area contributed by atoms with Gasteiger partial charge in [0, 0.05) is 11.7 Å². The quantitative estimate of drug-likeness (QED) is 0.880. The monoisotopic (exact) mass is 285 g/mol. The molecule has 0 saturated heterocycles. The van der Waals surface area contributed by atoms with Crippen molar-refractivity contribution in [2.75, 3.05) is 0 Å². The molecular formula is C18H27N3. The molecule has 0 aliphatic heterocycles. The van der Waals surface area contributed by atoms with Crippen LogP contribution in [0, 0.1) is 6.92 Å². The molecule has 2 unspecified atom stereocenters. The molecule has 1 aromatic carbocycles. The summed E-state index contributed by atoms with van der Waals surface area (Å²) in [6.07, 6.45) is 2.87. The van der Waals surface area contributed by atoms with Crippen LogP contribution in [0.1, 0.15) is 55.7 Å². The Labute approximate surface area is 128 Å². The zero-order valence-corrected chi connectivity index (χ0v) is 13.6. The minimum atomic E-state index is 0.0710. The van der Waals surface area contributed by atoms with Crippen LogP contribution in [0.3, 0.4) is 0 Å². The molecule has 3 heteroatoms. The van der Waals surface area contributed by atoms with Gasteiger partial charge in [0.05, 0.1) is 11.7 Å². The number of benzene rings is 1. The fourth-order valence-electron chi connectivity index (χ4n) is 2.81. The number of aromatic nitrogens is 2. The molecule has 2 N–H and O–H groups in total. The molecule has 2 aromatic rings. The lowest BCUT2D eigenvalue weighted by Gasteiger charge is -2.26. The summed E-state index contributed by atoms with van der Waals surface area (Å²) in [6, 6.07) is 11.0. The fraction of sp³-hybridized carbons (Fsp3) is 0.500. The van der Waals surface area contributed by atoms with E-state index in [1.165, 1.54) is 16.8 Å². The lowest BCUT2D eigenvalue weighted by molar-refractivity contribution is 0.411. The summed E-state index contributed by atoms with van der Waals surface area (Å²) in [4.78, 5) is 0. The van der Waals surface area contributed by atoms with Gasteiger partial charge in [0.15, 0.2) is 0 Å². The molecule has 1 aromatic heterocycles. The van der Waals surface area contributed by atoms with E-state index in [1.54, 1.807) is 0 Å². The van der Waals surface area contributed by atoms with Gasteiger partial charge in [-0.2, -0.15) is 5.10 Å². The van der Waals surface area contributed by atoms with E-state index in [-0.39, 0.29) is 12.1 Å². The molecular weight excluding hydrogens is 258 g/mol. The third-order valence-corrected chi connectivity index (χ3v) is 4.11. The van der Waals surface area contributed by atoms with Gasteiger partial charge in [0.25, 0.3) is 0 Å². The van der Waals surface area contributed by atoms with E-state index in [1.807, 2.05) is 0 Å². The summed E-state index contributed by atoms with van der Waals surface area (Å²) in [7, 11) is 0. The summed E-state index contributed by atoms with van der Waals surface area (Å²) >= 11 is 0. The van der Waals surface area contributed by atoms with Crippen LogP contribution in [-0.4, -0.2) is 15.8 Å². The van der Waals surface area contributed by atoms with Crippen LogP contribution in [0.2, 0.25) is 0 Å². The van der Waals surface area contributed by atoms with Crippen LogP contribution < -0.4 is 5.73 Å². The van der Waals surface area contributed by atoms with Crippen molar-refractivity contribution >= 4 is 0 Å². The summed E-state index contributed by atoms with van der Waals surface area (Å²) in [5.74, 6) is 0. The van der Waals surface area contributed by atoms with Crippen LogP contribution in [-0.2, 0) is 12.8 Å². The molecule has 2 atom stereocenters. The standard InChI is InChI=1S/C18H27N3/c1-5-15-12-16(6-2)21(20-15)18(17(19)7-3)14-10-8-9-13(4)11-14/h8-12,17-18H,5-7,19H2,1-4H3. The summed E-state index contributed by atoms with van der Waals surface area (Å²) in [5.41, 5.74) is 11.4. The minimum Gasteiger partial charge on any atom is -0.326 e. The van der Waals surface area contributed by atoms with Crippen molar-refractivity contribution in [3.05, 3.63) is 52.8 Å². The number of nitrogens with zero attached hydrogens (tertiary/aromatic N) is 2. The molecule has 0 amide bonds. The van der Waals surface area contributed by atoms with Gasteiger partial charge in [-0.3, -0.25) is 4.68 Å². The fourth-order valence-corrected chi connectivity index (χ4v) is 2.81. The van der Waals surface area contributed by atoms with Crippen molar-refractivity contribution in [2.45, 2.75) is 59.0 Å². The number of nitrogens with two attached hydrogens (primary N) is 1. The van der Waals surface area contributed by atoms with Gasteiger partial charge in [0.1, 0.15) is 0 Å². The molecule has 0 saturated carbocycles. The number of rotatable bonds is 6. The van der Waals surface area contributed by atoms with Crippen molar-refractivity contribution in [1.29, 1.82) is 0 Å². The number of hydrogen-bond acceptors (Lipinski definition) is 2. The Balaban J connectivity index is 2.52. The summed E-state index contributed by atoms with van der Waals surface area (Å²) in [5, 5.41) is 4.81. The first-order valence-corrected chi connectivity index (χ1v) is 8.00. The molecule has 0 fully saturated rings. The average molecular weight is 285 g/mol. The molecule has 0 aliphatic carbocycles. The van der Waals surface area contributed by atoms with E-state index in [9.17, 15) is 0 Å². The first-order chi connectivity index (χ1) is 10.1. The predicted molar refractivity (Wildman–Crippen MR) is 88.6 cm³/mol. The molecule has 21 heavy (non-hydrogen) atoms. The third-order valence-electron chi connectivity index (χ3n) is 4.11. The van der Waals surface area contributed by atoms with Gasteiger partial charge in [0.2, 0.25) is 0 Å². The Hall–Kier alpha value is -1.61. The molecule has 2 rings (SSSR count). The van der Waals surface area contributed by atoms with Crippen LogP contribution in [0.5, 0.6) is 0 Å². The highest BCUT2D eigenvalue weighted by molar-refractivity contribution is 5.28. The molecule has 114 valence electrons. The molecule has 0 spiro atoms. The molecule has 1 heterocycles. The Kier molecular flexibility index (Phi) is 5.18. The normalized spacial score (nSPS) is 14.1. The van der Waals surface area contributed by atoms with Crippen molar-refractivity contribution < 1.29 is 0 Å². The van der Waals surface area contributed by atoms with E-state index in [0.29, 0.717) is 0 Å². The summed E-state index contributed by atoms with van der Waals surface area (Å²) < 4.78 is 2.15. The predicted octanol–water partition coefficient (Wildman–Crippen LogP) is 3.64. The maximum Gasteiger partial charge on any atom is 0.0922 e. The Bertz CT molecular complexity index is 586. The van der Waals surface area contributed by atoms with E-state index < -0.39 is 0 Å². The maximum atomic E-state index is 6.44. The van der Waals surface area contributed by atoms with Gasteiger partial charge < -0.3 is 5.73 Å². The van der Waals surface area contributed by atoms with Crippen molar-refractivity contribution in [3.8, 4) is 0 Å². The van der Waals surface area contributed by atoms with E-state index in [4.69, 9.17) is 10.8 Å². The van der Waals surface area contributed by atoms with Gasteiger partial charge in [-0.05, 0) is 37.8 Å². The van der Waals surface area contributed by atoms with Crippen LogP contribution in [0.25, 0.3) is 0 Å². The largest absolute Gasteiger partial charge is 0.326 e. The smallest absolute Gasteiger partial charge is 0.0922 e. The van der Waals surface area contributed by atoms with Crippen LogP contribution >= 0.6 is 0 Å². The van der Waals surface area contributed by atoms with Gasteiger partial charge >= 0.3 is 0 Å². The lowest BCUT2D eigenvalue weighted by atomic mass is 9.96. The van der Waals surface area contributed by atoms with E-state index >= 15 is 0 Å². The highest BCUT2D eigenvalue weighted by atomic mass is 15.3. The van der Waals surface area contributed by atoms with Gasteiger partial charge in [-0.25, -0.2) is 0 Å².